The maximum absolute atomic E-state index is 6.35. The monoisotopic (exact) mass is 346 g/mol. The summed E-state index contributed by atoms with van der Waals surface area (Å²) in [4.78, 5) is 6.92. The van der Waals surface area contributed by atoms with Crippen molar-refractivity contribution < 1.29 is 4.42 Å². The van der Waals surface area contributed by atoms with Crippen molar-refractivity contribution in [2.24, 2.45) is 5.92 Å². The molecule has 2 aromatic heterocycles. The number of furan rings is 1. The molecule has 2 atom stereocenters. The quantitative estimate of drug-likeness (QED) is 0.774. The first-order valence-corrected chi connectivity index (χ1v) is 9.31. The molecule has 0 saturated carbocycles. The van der Waals surface area contributed by atoms with Crippen molar-refractivity contribution in [3.8, 4) is 0 Å². The highest BCUT2D eigenvalue weighted by atomic mass is 16.3. The molecule has 0 radical (unpaired) electrons. The molecule has 0 amide bonds. The van der Waals surface area contributed by atoms with Crippen molar-refractivity contribution in [3.05, 3.63) is 64.0 Å². The summed E-state index contributed by atoms with van der Waals surface area (Å²) in [5.74, 6) is 0.359. The van der Waals surface area contributed by atoms with Gasteiger partial charge in [0.15, 0.2) is 0 Å². The molecule has 4 rings (SSSR count). The van der Waals surface area contributed by atoms with Crippen molar-refractivity contribution in [3.63, 3.8) is 0 Å². The number of rotatable bonds is 2. The lowest BCUT2D eigenvalue weighted by atomic mass is 9.80. The minimum absolute atomic E-state index is 0.202. The molecule has 3 heterocycles. The molecule has 0 aromatic carbocycles. The van der Waals surface area contributed by atoms with Gasteiger partial charge < -0.3 is 9.32 Å². The van der Waals surface area contributed by atoms with Gasteiger partial charge in [-0.05, 0) is 51.8 Å². The first-order chi connectivity index (χ1) is 12.5. The van der Waals surface area contributed by atoms with Crippen LogP contribution in [0.15, 0.2) is 52.1 Å². The van der Waals surface area contributed by atoms with Crippen LogP contribution in [0.3, 0.4) is 0 Å². The summed E-state index contributed by atoms with van der Waals surface area (Å²) in [6, 6.07) is 4.41. The van der Waals surface area contributed by atoms with Crippen molar-refractivity contribution in [2.45, 2.75) is 40.2 Å². The molecule has 0 N–H and O–H groups in total. The summed E-state index contributed by atoms with van der Waals surface area (Å²) in [5.41, 5.74) is 6.74. The van der Waals surface area contributed by atoms with Gasteiger partial charge in [-0.1, -0.05) is 29.9 Å². The van der Waals surface area contributed by atoms with Crippen LogP contribution in [0.1, 0.15) is 32.9 Å². The number of aryl methyl sites for hydroxylation is 1. The van der Waals surface area contributed by atoms with E-state index >= 15 is 0 Å². The standard InChI is InChI=1S/C23H26N2O/c1-6-15(3)17-10-11-18-19-9-8-16(4)24-23(19)26-22(18)21(17)20-12-7-14(2)13-25(20)5/h6-9,11-13,17,20H,10H2,1-5H3. The fraction of sp³-hybridized carbons (Fsp3) is 0.348. The number of likely N-dealkylation sites (N-methyl/N-ethyl adjacent to an activating group) is 1. The van der Waals surface area contributed by atoms with Gasteiger partial charge in [-0.25, -0.2) is 4.98 Å². The minimum atomic E-state index is 0.202. The number of fused-ring (bicyclic) bond motifs is 3. The number of aromatic nitrogens is 1. The molecule has 0 fully saturated rings. The Morgan fingerprint density at radius 1 is 1.31 bits per heavy atom. The highest BCUT2D eigenvalue weighted by molar-refractivity contribution is 5.78. The lowest BCUT2D eigenvalue weighted by Crippen LogP contribution is -2.40. The zero-order valence-corrected chi connectivity index (χ0v) is 16.2. The third kappa shape index (κ3) is 2.63. The van der Waals surface area contributed by atoms with Gasteiger partial charge in [-0.15, -0.1) is 0 Å². The molecule has 0 saturated heterocycles. The Labute approximate surface area is 154 Å². The number of pyridine rings is 1. The third-order valence-electron chi connectivity index (χ3n) is 5.64. The second kappa shape index (κ2) is 6.31. The van der Waals surface area contributed by atoms with Gasteiger partial charge in [0.25, 0.3) is 0 Å². The summed E-state index contributed by atoms with van der Waals surface area (Å²) in [5, 5.41) is 2.32. The van der Waals surface area contributed by atoms with Crippen LogP contribution in [-0.4, -0.2) is 23.0 Å². The van der Waals surface area contributed by atoms with Crippen LogP contribution in [-0.2, 0) is 0 Å². The molecule has 3 heteroatoms. The van der Waals surface area contributed by atoms with Crippen LogP contribution < -0.4 is 10.6 Å². The first kappa shape index (κ1) is 16.9. The Hall–Kier alpha value is -2.55. The molecular formula is C23H26N2O. The second-order valence-electron chi connectivity index (χ2n) is 7.47. The predicted octanol–water partition coefficient (Wildman–Crippen LogP) is 3.83. The zero-order valence-electron chi connectivity index (χ0n) is 16.2. The smallest absolute Gasteiger partial charge is 0.227 e. The fourth-order valence-corrected chi connectivity index (χ4v) is 4.15. The van der Waals surface area contributed by atoms with Gasteiger partial charge in [0.2, 0.25) is 5.71 Å². The van der Waals surface area contributed by atoms with E-state index in [-0.39, 0.29) is 6.04 Å². The lowest BCUT2D eigenvalue weighted by Gasteiger charge is -2.34. The molecule has 2 aromatic rings. The van der Waals surface area contributed by atoms with Crippen molar-refractivity contribution in [2.75, 3.05) is 7.05 Å². The van der Waals surface area contributed by atoms with E-state index in [1.807, 2.05) is 6.92 Å². The van der Waals surface area contributed by atoms with E-state index in [1.54, 1.807) is 0 Å². The average molecular weight is 346 g/mol. The average Bonchev–Trinajstić information content (AvgIpc) is 2.98. The molecule has 1 aliphatic heterocycles. The van der Waals surface area contributed by atoms with E-state index in [2.05, 4.69) is 80.3 Å². The van der Waals surface area contributed by atoms with Gasteiger partial charge in [-0.3, -0.25) is 0 Å². The van der Waals surface area contributed by atoms with Gasteiger partial charge >= 0.3 is 0 Å². The summed E-state index contributed by atoms with van der Waals surface area (Å²) in [6.07, 6.45) is 12.3. The Morgan fingerprint density at radius 3 is 2.85 bits per heavy atom. The van der Waals surface area contributed by atoms with E-state index in [0.717, 1.165) is 28.6 Å². The molecule has 134 valence electrons. The SMILES string of the molecule is CC=C(C)C1CC=c2c(oc3nc(C)ccc23)=C1C1C=CC(C)=CN1C. The number of hydrogen-bond donors (Lipinski definition) is 0. The summed E-state index contributed by atoms with van der Waals surface area (Å²) in [7, 11) is 2.15. The zero-order chi connectivity index (χ0) is 18.4. The normalized spacial score (nSPS) is 23.1. The second-order valence-corrected chi connectivity index (χ2v) is 7.47. The Bertz CT molecular complexity index is 1080. The molecule has 0 spiro atoms. The predicted molar refractivity (Wildman–Crippen MR) is 108 cm³/mol. The molecule has 3 nitrogen and oxygen atoms in total. The van der Waals surface area contributed by atoms with Gasteiger partial charge in [0, 0.05) is 41.0 Å². The maximum Gasteiger partial charge on any atom is 0.227 e. The molecule has 2 unspecified atom stereocenters. The van der Waals surface area contributed by atoms with Crippen LogP contribution in [0.25, 0.3) is 22.7 Å². The number of hydrogen-bond acceptors (Lipinski definition) is 3. The van der Waals surface area contributed by atoms with Gasteiger partial charge in [0.1, 0.15) is 5.42 Å². The Balaban J connectivity index is 2.04. The van der Waals surface area contributed by atoms with E-state index in [1.165, 1.54) is 21.9 Å². The molecule has 1 aliphatic carbocycles. The highest BCUT2D eigenvalue weighted by Gasteiger charge is 2.30. The Morgan fingerprint density at radius 2 is 2.12 bits per heavy atom. The lowest BCUT2D eigenvalue weighted by molar-refractivity contribution is 0.415. The van der Waals surface area contributed by atoms with E-state index in [0.29, 0.717) is 5.92 Å². The Kier molecular flexibility index (Phi) is 4.10. The van der Waals surface area contributed by atoms with E-state index in [4.69, 9.17) is 4.42 Å². The van der Waals surface area contributed by atoms with Crippen LogP contribution in [0, 0.1) is 12.8 Å². The fourth-order valence-electron chi connectivity index (χ4n) is 4.15. The van der Waals surface area contributed by atoms with Gasteiger partial charge in [0.05, 0.1) is 6.04 Å². The van der Waals surface area contributed by atoms with Crippen molar-refractivity contribution in [1.29, 1.82) is 0 Å². The van der Waals surface area contributed by atoms with Crippen LogP contribution in [0.4, 0.5) is 0 Å². The van der Waals surface area contributed by atoms with E-state index < -0.39 is 0 Å². The molecule has 2 aliphatic rings. The highest BCUT2D eigenvalue weighted by Crippen LogP contribution is 2.33. The first-order valence-electron chi connectivity index (χ1n) is 9.31. The molecular weight excluding hydrogens is 320 g/mol. The van der Waals surface area contributed by atoms with Gasteiger partial charge in [-0.2, -0.15) is 0 Å². The topological polar surface area (TPSA) is 29.3 Å². The number of allylic oxidation sites excluding steroid dienone is 4. The molecule has 26 heavy (non-hydrogen) atoms. The summed E-state index contributed by atoms with van der Waals surface area (Å²) >= 11 is 0. The summed E-state index contributed by atoms with van der Waals surface area (Å²) in [6.45, 7) is 8.49. The largest absolute Gasteiger partial charge is 0.438 e. The van der Waals surface area contributed by atoms with Crippen LogP contribution in [0.2, 0.25) is 0 Å². The third-order valence-corrected chi connectivity index (χ3v) is 5.64. The number of nitrogens with zero attached hydrogens (tertiary/aromatic N) is 2. The van der Waals surface area contributed by atoms with Crippen molar-refractivity contribution >= 4 is 22.7 Å². The van der Waals surface area contributed by atoms with Crippen LogP contribution >= 0.6 is 0 Å². The van der Waals surface area contributed by atoms with E-state index in [9.17, 15) is 0 Å². The van der Waals surface area contributed by atoms with Crippen molar-refractivity contribution in [1.82, 2.24) is 9.88 Å². The summed E-state index contributed by atoms with van der Waals surface area (Å²) < 4.78 is 6.35. The minimum Gasteiger partial charge on any atom is -0.438 e. The molecule has 0 bridgehead atoms. The maximum atomic E-state index is 6.35. The van der Waals surface area contributed by atoms with Crippen LogP contribution in [0.5, 0.6) is 0 Å².